The zero-order valence-electron chi connectivity index (χ0n) is 9.55. The fraction of sp³-hybridized carbons (Fsp3) is 0.0909. The number of anilines is 1. The van der Waals surface area contributed by atoms with Crippen LogP contribution >= 0.6 is 27.5 Å². The van der Waals surface area contributed by atoms with Crippen LogP contribution in [0.25, 0.3) is 0 Å². The van der Waals surface area contributed by atoms with E-state index in [1.165, 1.54) is 24.3 Å². The summed E-state index contributed by atoms with van der Waals surface area (Å²) in [4.78, 5) is 0.161. The summed E-state index contributed by atoms with van der Waals surface area (Å²) in [5.41, 5.74) is 0.991. The van der Waals surface area contributed by atoms with Gasteiger partial charge in [0.25, 0.3) is 10.0 Å². The molecule has 0 fully saturated rings. The Labute approximate surface area is 124 Å². The summed E-state index contributed by atoms with van der Waals surface area (Å²) in [5.74, 6) is 0.119. The van der Waals surface area contributed by atoms with E-state index in [0.29, 0.717) is 5.33 Å². The largest absolute Gasteiger partial charge is 0.263 e. The summed E-state index contributed by atoms with van der Waals surface area (Å²) < 4.78 is 26.5. The second kappa shape index (κ2) is 5.85. The number of aromatic nitrogens is 2. The summed E-state index contributed by atoms with van der Waals surface area (Å²) in [5, 5.41) is 8.08. The highest BCUT2D eigenvalue weighted by atomic mass is 79.9. The van der Waals surface area contributed by atoms with Gasteiger partial charge in [0.05, 0.1) is 4.90 Å². The van der Waals surface area contributed by atoms with E-state index in [-0.39, 0.29) is 15.9 Å². The maximum Gasteiger partial charge on any atom is 0.263 e. The second-order valence-electron chi connectivity index (χ2n) is 3.62. The van der Waals surface area contributed by atoms with E-state index in [2.05, 4.69) is 30.8 Å². The summed E-state index contributed by atoms with van der Waals surface area (Å²) in [7, 11) is -3.66. The van der Waals surface area contributed by atoms with E-state index < -0.39 is 10.0 Å². The Balaban J connectivity index is 2.24. The molecule has 100 valence electrons. The lowest BCUT2D eigenvalue weighted by Crippen LogP contribution is -2.14. The highest BCUT2D eigenvalue weighted by Crippen LogP contribution is 2.16. The van der Waals surface area contributed by atoms with Crippen molar-refractivity contribution in [3.05, 3.63) is 47.1 Å². The summed E-state index contributed by atoms with van der Waals surface area (Å²) in [6.45, 7) is 0. The van der Waals surface area contributed by atoms with Crippen LogP contribution in [0.5, 0.6) is 0 Å². The number of benzene rings is 1. The molecule has 0 amide bonds. The fourth-order valence-corrected chi connectivity index (χ4v) is 2.80. The van der Waals surface area contributed by atoms with Crippen molar-refractivity contribution in [3.8, 4) is 0 Å². The fourth-order valence-electron chi connectivity index (χ4n) is 1.32. The van der Waals surface area contributed by atoms with E-state index in [0.717, 1.165) is 5.56 Å². The monoisotopic (exact) mass is 361 g/mol. The van der Waals surface area contributed by atoms with Crippen LogP contribution in [0.4, 0.5) is 5.82 Å². The second-order valence-corrected chi connectivity index (χ2v) is 6.25. The van der Waals surface area contributed by atoms with Crippen LogP contribution in [0.1, 0.15) is 5.56 Å². The summed E-state index contributed by atoms with van der Waals surface area (Å²) in [6.07, 6.45) is 0. The van der Waals surface area contributed by atoms with E-state index in [1.54, 1.807) is 12.1 Å². The molecule has 1 aromatic heterocycles. The van der Waals surface area contributed by atoms with E-state index >= 15 is 0 Å². The average molecular weight is 363 g/mol. The Morgan fingerprint density at radius 1 is 1.11 bits per heavy atom. The molecule has 0 aliphatic heterocycles. The van der Waals surface area contributed by atoms with Crippen LogP contribution in [-0.2, 0) is 15.4 Å². The molecule has 8 heteroatoms. The van der Waals surface area contributed by atoms with Crippen molar-refractivity contribution < 1.29 is 8.42 Å². The number of nitrogens with one attached hydrogen (secondary N) is 1. The summed E-state index contributed by atoms with van der Waals surface area (Å²) >= 11 is 8.88. The molecule has 2 rings (SSSR count). The highest BCUT2D eigenvalue weighted by Gasteiger charge is 2.14. The van der Waals surface area contributed by atoms with Crippen molar-refractivity contribution >= 4 is 43.4 Å². The van der Waals surface area contributed by atoms with Gasteiger partial charge in [0.2, 0.25) is 0 Å². The van der Waals surface area contributed by atoms with Gasteiger partial charge in [-0.3, -0.25) is 4.72 Å². The molecule has 0 unspecified atom stereocenters. The predicted molar refractivity (Wildman–Crippen MR) is 76.9 cm³/mol. The van der Waals surface area contributed by atoms with Gasteiger partial charge in [-0.1, -0.05) is 39.7 Å². The Bertz CT molecular complexity index is 659. The molecule has 0 saturated heterocycles. The molecule has 0 aliphatic rings. The Morgan fingerprint density at radius 3 is 2.32 bits per heavy atom. The molecule has 0 aliphatic carbocycles. The van der Waals surface area contributed by atoms with Crippen LogP contribution in [0.3, 0.4) is 0 Å². The molecule has 0 atom stereocenters. The Morgan fingerprint density at radius 2 is 1.79 bits per heavy atom. The molecule has 1 aromatic carbocycles. The zero-order chi connectivity index (χ0) is 13.9. The number of alkyl halides is 1. The van der Waals surface area contributed by atoms with Crippen LogP contribution < -0.4 is 4.72 Å². The molecule has 1 N–H and O–H groups in total. The van der Waals surface area contributed by atoms with Crippen molar-refractivity contribution in [3.63, 3.8) is 0 Å². The van der Waals surface area contributed by atoms with E-state index in [4.69, 9.17) is 11.6 Å². The van der Waals surface area contributed by atoms with E-state index in [9.17, 15) is 8.42 Å². The Hall–Kier alpha value is -1.18. The number of hydrogen-bond acceptors (Lipinski definition) is 4. The topological polar surface area (TPSA) is 72.0 Å². The standard InChI is InChI=1S/C11H9BrClN3O2S/c12-7-8-1-3-9(4-2-8)19(17,18)16-11-6-5-10(13)14-15-11/h1-6H,7H2,(H,15,16). The molecule has 5 nitrogen and oxygen atoms in total. The number of halogens is 2. The molecule has 1 heterocycles. The van der Waals surface area contributed by atoms with Gasteiger partial charge in [-0.05, 0) is 29.8 Å². The lowest BCUT2D eigenvalue weighted by molar-refractivity contribution is 0.601. The zero-order valence-corrected chi connectivity index (χ0v) is 12.7. The van der Waals surface area contributed by atoms with Gasteiger partial charge in [0.15, 0.2) is 11.0 Å². The van der Waals surface area contributed by atoms with Crippen molar-refractivity contribution in [1.82, 2.24) is 10.2 Å². The predicted octanol–water partition coefficient (Wildman–Crippen LogP) is 2.83. The minimum absolute atomic E-state index is 0.119. The molecule has 0 radical (unpaired) electrons. The van der Waals surface area contributed by atoms with Crippen LogP contribution in [-0.4, -0.2) is 18.6 Å². The lowest BCUT2D eigenvalue weighted by Gasteiger charge is -2.07. The van der Waals surface area contributed by atoms with Crippen LogP contribution in [0.15, 0.2) is 41.3 Å². The molecule has 19 heavy (non-hydrogen) atoms. The van der Waals surface area contributed by atoms with Crippen LogP contribution in [0.2, 0.25) is 5.15 Å². The van der Waals surface area contributed by atoms with Crippen molar-refractivity contribution in [1.29, 1.82) is 0 Å². The number of nitrogens with zero attached hydrogens (tertiary/aromatic N) is 2. The normalized spacial score (nSPS) is 11.3. The molecule has 2 aromatic rings. The summed E-state index contributed by atoms with van der Waals surface area (Å²) in [6, 6.07) is 9.43. The maximum absolute atomic E-state index is 12.1. The van der Waals surface area contributed by atoms with Crippen molar-refractivity contribution in [2.45, 2.75) is 10.2 Å². The molecule has 0 bridgehead atoms. The molecular weight excluding hydrogens is 354 g/mol. The maximum atomic E-state index is 12.1. The first-order chi connectivity index (χ1) is 9.01. The van der Waals surface area contributed by atoms with Crippen LogP contribution in [0, 0.1) is 0 Å². The van der Waals surface area contributed by atoms with Crippen molar-refractivity contribution in [2.75, 3.05) is 4.72 Å². The average Bonchev–Trinajstić information content (AvgIpc) is 2.41. The number of hydrogen-bond donors (Lipinski definition) is 1. The van der Waals surface area contributed by atoms with Gasteiger partial charge in [-0.2, -0.15) is 0 Å². The third kappa shape index (κ3) is 3.65. The molecule has 0 saturated carbocycles. The van der Waals surface area contributed by atoms with Gasteiger partial charge in [0, 0.05) is 5.33 Å². The first-order valence-electron chi connectivity index (χ1n) is 5.18. The van der Waals surface area contributed by atoms with Gasteiger partial charge < -0.3 is 0 Å². The third-order valence-electron chi connectivity index (χ3n) is 2.26. The Kier molecular flexibility index (Phi) is 4.38. The van der Waals surface area contributed by atoms with Gasteiger partial charge in [-0.15, -0.1) is 10.2 Å². The molecule has 0 spiro atoms. The van der Waals surface area contributed by atoms with Crippen molar-refractivity contribution in [2.24, 2.45) is 0 Å². The van der Waals surface area contributed by atoms with Gasteiger partial charge >= 0.3 is 0 Å². The SMILES string of the molecule is O=S(=O)(Nc1ccc(Cl)nn1)c1ccc(CBr)cc1. The smallest absolute Gasteiger partial charge is 0.262 e. The minimum atomic E-state index is -3.66. The third-order valence-corrected chi connectivity index (χ3v) is 4.48. The quantitative estimate of drug-likeness (QED) is 0.849. The first-order valence-corrected chi connectivity index (χ1v) is 8.16. The number of sulfonamides is 1. The van der Waals surface area contributed by atoms with Gasteiger partial charge in [0.1, 0.15) is 0 Å². The van der Waals surface area contributed by atoms with Gasteiger partial charge in [-0.25, -0.2) is 8.42 Å². The molecular formula is C11H9BrClN3O2S. The lowest BCUT2D eigenvalue weighted by atomic mass is 10.2. The minimum Gasteiger partial charge on any atom is -0.262 e. The van der Waals surface area contributed by atoms with E-state index in [1.807, 2.05) is 0 Å². The first kappa shape index (κ1) is 14.2. The number of rotatable bonds is 4. The highest BCUT2D eigenvalue weighted by molar-refractivity contribution is 9.08.